The van der Waals surface area contributed by atoms with E-state index in [0.29, 0.717) is 51.4 Å². The van der Waals surface area contributed by atoms with E-state index in [9.17, 15) is 40.9 Å². The van der Waals surface area contributed by atoms with E-state index in [0.717, 1.165) is 94.9 Å². The molecule has 8 nitrogen and oxygen atoms in total. The number of aliphatic hydroxyl groups is 8. The molecule has 20 atom stereocenters. The van der Waals surface area contributed by atoms with Crippen molar-refractivity contribution in [2.45, 2.75) is 307 Å². The van der Waals surface area contributed by atoms with Crippen LogP contribution in [0.3, 0.4) is 0 Å². The van der Waals surface area contributed by atoms with Crippen LogP contribution in [0.1, 0.15) is 221 Å². The molecule has 8 N–H and O–H groups in total. The summed E-state index contributed by atoms with van der Waals surface area (Å²) in [5.74, 6) is 0.979. The Balaban J connectivity index is 0.000000258. The van der Waals surface area contributed by atoms with Gasteiger partial charge in [-0.15, -0.1) is 45.3 Å². The van der Waals surface area contributed by atoms with Gasteiger partial charge in [0.2, 0.25) is 0 Å². The van der Waals surface area contributed by atoms with Crippen LogP contribution in [0.2, 0.25) is 23.3 Å². The summed E-state index contributed by atoms with van der Waals surface area (Å²) < 4.78 is 4.59. The van der Waals surface area contributed by atoms with Gasteiger partial charge < -0.3 is 40.9 Å². The first-order valence-electron chi connectivity index (χ1n) is 40.5. The maximum atomic E-state index is 10.4. The maximum Gasteiger partial charge on any atom is 0.0724 e. The van der Waals surface area contributed by atoms with Crippen LogP contribution < -0.4 is 0 Å². The number of hydrogen-bond acceptors (Lipinski definition) is 12. The van der Waals surface area contributed by atoms with Crippen molar-refractivity contribution < 1.29 is 40.9 Å². The van der Waals surface area contributed by atoms with Gasteiger partial charge in [0, 0.05) is 56.9 Å². The van der Waals surface area contributed by atoms with Crippen molar-refractivity contribution in [2.75, 3.05) is 0 Å². The third kappa shape index (κ3) is 35.2. The minimum Gasteiger partial charge on any atom is -0.393 e. The summed E-state index contributed by atoms with van der Waals surface area (Å²) in [6, 6.07) is 8.56. The van der Waals surface area contributed by atoms with Crippen molar-refractivity contribution in [1.29, 1.82) is 0 Å². The highest BCUT2D eigenvalue weighted by Crippen LogP contribution is 2.47. The number of aliphatic hydroxyl groups excluding tert-OH is 8. The van der Waals surface area contributed by atoms with E-state index in [-0.39, 0.29) is 95.0 Å². The molecule has 0 bridgehead atoms. The van der Waals surface area contributed by atoms with Crippen molar-refractivity contribution in [3.05, 3.63) is 178 Å². The molecule has 4 aliphatic carbocycles. The molecule has 0 saturated heterocycles. The fourth-order valence-electron chi connectivity index (χ4n) is 15.0. The van der Waals surface area contributed by atoms with E-state index < -0.39 is 24.4 Å². The zero-order valence-corrected chi connectivity index (χ0v) is 75.5. The fraction of sp³-hybridized carbons (Fsp3) is 0.636. The summed E-state index contributed by atoms with van der Waals surface area (Å²) in [7, 11) is 25.0. The van der Waals surface area contributed by atoms with Crippen LogP contribution in [-0.4, -0.2) is 121 Å². The molecule has 20 heteroatoms. The molecular weight excluding hydrogens is 1680 g/mol. The average Bonchev–Trinajstić information content (AvgIpc) is 1.70. The molecule has 592 valence electrons. The van der Waals surface area contributed by atoms with Gasteiger partial charge in [-0.3, -0.25) is 0 Å². The summed E-state index contributed by atoms with van der Waals surface area (Å²) in [4.78, 5) is 10.2. The topological polar surface area (TPSA) is 162 Å². The number of thiophene rings is 4. The van der Waals surface area contributed by atoms with Gasteiger partial charge in [-0.25, -0.2) is 0 Å². The molecule has 0 amide bonds. The number of unbranched alkanes of at least 4 members (excludes halogenated alkanes) is 8. The Labute approximate surface area is 707 Å². The summed E-state index contributed by atoms with van der Waals surface area (Å²) in [6.45, 7) is 17.2. The maximum absolute atomic E-state index is 10.4. The highest BCUT2D eigenvalue weighted by atomic mass is 79.9. The Hall–Kier alpha value is -1.42. The minimum atomic E-state index is -0.475. The van der Waals surface area contributed by atoms with Crippen LogP contribution in [0.15, 0.2) is 139 Å². The summed E-state index contributed by atoms with van der Waals surface area (Å²) in [5.41, 5.74) is 0. The third-order valence-corrected chi connectivity index (χ3v) is 30.6. The third-order valence-electron chi connectivity index (χ3n) is 21.8. The smallest absolute Gasteiger partial charge is 0.0724 e. The Morgan fingerprint density at radius 3 is 0.713 bits per heavy atom. The normalized spacial score (nSPS) is 27.1. The first kappa shape index (κ1) is 97.2. The van der Waals surface area contributed by atoms with Crippen molar-refractivity contribution in [2.24, 2.45) is 47.3 Å². The lowest BCUT2D eigenvalue weighted by atomic mass is 9.75. The van der Waals surface area contributed by atoms with Crippen molar-refractivity contribution in [3.63, 3.8) is 0 Å². The molecule has 0 spiro atoms. The lowest BCUT2D eigenvalue weighted by molar-refractivity contribution is 0.125. The predicted octanol–water partition coefficient (Wildman–Crippen LogP) is 23.0. The molecule has 8 radical (unpaired) electrons. The second kappa shape index (κ2) is 53.7. The van der Waals surface area contributed by atoms with E-state index in [1.54, 1.807) is 45.3 Å². The molecule has 0 aliphatic heterocycles. The summed E-state index contributed by atoms with van der Waals surface area (Å²) in [5, 5.41) is 82.8. The van der Waals surface area contributed by atoms with Gasteiger partial charge in [-0.05, 0) is 291 Å². The molecule has 8 rings (SSSR count). The Morgan fingerprint density at radius 1 is 0.352 bits per heavy atom. The lowest BCUT2D eigenvalue weighted by Crippen LogP contribution is -2.18. The molecule has 0 aromatic carbocycles. The molecule has 4 aliphatic rings. The summed E-state index contributed by atoms with van der Waals surface area (Å²) in [6.07, 6.45) is 56.3. The van der Waals surface area contributed by atoms with Crippen LogP contribution in [0.25, 0.3) is 0 Å². The van der Waals surface area contributed by atoms with E-state index in [1.165, 1.54) is 90.4 Å². The first-order chi connectivity index (χ1) is 51.7. The molecule has 4 fully saturated rings. The largest absolute Gasteiger partial charge is 0.393 e. The van der Waals surface area contributed by atoms with E-state index in [4.69, 9.17) is 31.4 Å². The molecule has 4 aromatic rings. The van der Waals surface area contributed by atoms with E-state index >= 15 is 0 Å². The van der Waals surface area contributed by atoms with E-state index in [2.05, 4.69) is 192 Å². The van der Waals surface area contributed by atoms with Crippen molar-refractivity contribution in [3.8, 4) is 0 Å². The molecule has 4 heterocycles. The minimum absolute atomic E-state index is 0.0339. The predicted molar refractivity (Wildman–Crippen MR) is 482 cm³/mol. The Kier molecular flexibility index (Phi) is 48.3. The van der Waals surface area contributed by atoms with Crippen molar-refractivity contribution in [1.82, 2.24) is 0 Å². The average molecular weight is 1810 g/mol. The van der Waals surface area contributed by atoms with Crippen molar-refractivity contribution >= 4 is 140 Å². The zero-order chi connectivity index (χ0) is 79.2. The van der Waals surface area contributed by atoms with Gasteiger partial charge in [-0.1, -0.05) is 200 Å². The van der Waals surface area contributed by atoms with Gasteiger partial charge in [0.05, 0.1) is 80.2 Å². The van der Waals surface area contributed by atoms with E-state index in [1.807, 2.05) is 48.6 Å². The monoisotopic (exact) mass is 1800 g/mol. The quantitative estimate of drug-likeness (QED) is 0.0124. The number of aryl methyl sites for hydroxylation is 8. The van der Waals surface area contributed by atoms with Crippen LogP contribution in [-0.2, 0) is 25.7 Å². The van der Waals surface area contributed by atoms with Gasteiger partial charge in [0.1, 0.15) is 0 Å². The number of halogens is 4. The van der Waals surface area contributed by atoms with Gasteiger partial charge in [0.15, 0.2) is 0 Å². The summed E-state index contributed by atoms with van der Waals surface area (Å²) >= 11 is 21.3. The second-order valence-corrected chi connectivity index (χ2v) is 39.4. The lowest BCUT2D eigenvalue weighted by Gasteiger charge is -2.20. The molecule has 108 heavy (non-hydrogen) atoms. The molecule has 8 unspecified atom stereocenters. The van der Waals surface area contributed by atoms with Crippen LogP contribution >= 0.6 is 109 Å². The Morgan fingerprint density at radius 2 is 0.546 bits per heavy atom. The highest BCUT2D eigenvalue weighted by Gasteiger charge is 2.41. The molecular formula is C88H128B4Br4O8S4. The van der Waals surface area contributed by atoms with Gasteiger partial charge >= 0.3 is 0 Å². The van der Waals surface area contributed by atoms with Crippen LogP contribution in [0.4, 0.5) is 0 Å². The fourth-order valence-corrected chi connectivity index (χ4v) is 21.5. The van der Waals surface area contributed by atoms with Gasteiger partial charge in [0.25, 0.3) is 0 Å². The Bertz CT molecular complexity index is 2870. The number of hydrogen-bond donors (Lipinski definition) is 8. The SMILES string of the molecule is [B]C1CC(O)[C@H](CC=CCCCC)[C@H]1/C=C/C(O)CCc1cc(Br)c(C)s1.[B]C1CC(O)[C@H](CC=CCCCC)[C@H]1/C=C/[C@@H](O)CCc1cc(Br)c(C)s1.[B][C@@H]1CC(O)[C@H](CC=CCCCC)[C@H]1/C=C/C(O)CCc1cc(Br)c(C)s1.[B][C@@H]1CC(O)[C@H](CC=CCCCC)[C@H]1/C=C/[C@@H](O)CCc1cc(Br)c(C)s1. The van der Waals surface area contributed by atoms with Crippen LogP contribution in [0.5, 0.6) is 0 Å². The number of rotatable bonds is 40. The zero-order valence-electron chi connectivity index (χ0n) is 65.9. The standard InChI is InChI=1S/4C22H32BBrO2S/c4*1-3-4-5-6-7-8-19-18(20(23)14-22(19)26)12-10-16(25)9-11-17-13-21(24)15(2)27-17/h4*6-7,10,12-13,16,18-20,22,25-26H,3-5,8-9,11,14H2,1-2H3/b4*7-6?,12-10+/t16?,18-,19-,20?,22?;16?,18-,19-,20-,22?;16-,18+,19+,20?,22?;16-,18+,19+,20+,22?/m1100/s1. The molecule has 4 saturated carbocycles. The molecule has 4 aromatic heterocycles. The first-order valence-corrected chi connectivity index (χ1v) is 46.9. The highest BCUT2D eigenvalue weighted by molar-refractivity contribution is 9.11. The van der Waals surface area contributed by atoms with Crippen LogP contribution in [0, 0.1) is 75.0 Å². The van der Waals surface area contributed by atoms with Gasteiger partial charge in [-0.2, -0.15) is 0 Å². The second-order valence-electron chi connectivity index (χ2n) is 30.7. The number of allylic oxidation sites excluding steroid dienone is 12.